The maximum Gasteiger partial charge on any atom is 0.120 e. The van der Waals surface area contributed by atoms with Crippen LogP contribution < -0.4 is 0 Å². The molecule has 0 aromatic heterocycles. The molecule has 5 heteroatoms. The summed E-state index contributed by atoms with van der Waals surface area (Å²) in [6, 6.07) is 0. The van der Waals surface area contributed by atoms with E-state index in [0.29, 0.717) is 6.29 Å². The van der Waals surface area contributed by atoms with Gasteiger partial charge in [-0.1, -0.05) is 0 Å². The van der Waals surface area contributed by atoms with E-state index in [1.807, 2.05) is 0 Å². The molecule has 0 bridgehead atoms. The van der Waals surface area contributed by atoms with Gasteiger partial charge in [-0.2, -0.15) is 0 Å². The Morgan fingerprint density at radius 1 is 1.27 bits per heavy atom. The van der Waals surface area contributed by atoms with E-state index >= 15 is 0 Å². The van der Waals surface area contributed by atoms with Gasteiger partial charge in [-0.25, -0.2) is 0 Å². The second-order valence-corrected chi connectivity index (χ2v) is 2.06. The van der Waals surface area contributed by atoms with Crippen molar-refractivity contribution in [1.82, 2.24) is 0 Å². The number of aldehydes is 1. The second kappa shape index (κ2) is 7.94. The molecule has 0 radical (unpaired) electrons. The van der Waals surface area contributed by atoms with Crippen LogP contribution >= 0.6 is 12.4 Å². The van der Waals surface area contributed by atoms with Gasteiger partial charge in [0.05, 0.1) is 12.7 Å². The smallest absolute Gasteiger partial charge is 0.120 e. The lowest BCUT2D eigenvalue weighted by Gasteiger charge is -2.13. The topological polar surface area (TPSA) is 77.8 Å². The molecule has 0 aliphatic heterocycles. The molecule has 0 heterocycles. The normalized spacial score (nSPS) is 14.8. The lowest BCUT2D eigenvalue weighted by Crippen LogP contribution is -2.29. The highest BCUT2D eigenvalue weighted by molar-refractivity contribution is 5.85. The molecule has 0 amide bonds. The molecule has 0 aromatic rings. The predicted molar refractivity (Wildman–Crippen MR) is 41.6 cm³/mol. The summed E-state index contributed by atoms with van der Waals surface area (Å²) in [7, 11) is 0. The summed E-state index contributed by atoms with van der Waals surface area (Å²) in [5.41, 5.74) is 0. The van der Waals surface area contributed by atoms with Gasteiger partial charge < -0.3 is 20.1 Å². The molecule has 0 saturated carbocycles. The fourth-order valence-electron chi connectivity index (χ4n) is 0.553. The monoisotopic (exact) mass is 184 g/mol. The van der Waals surface area contributed by atoms with Gasteiger partial charge in [0.2, 0.25) is 0 Å². The van der Waals surface area contributed by atoms with Gasteiger partial charge in [-0.3, -0.25) is 0 Å². The van der Waals surface area contributed by atoms with Crippen molar-refractivity contribution in [3.05, 3.63) is 0 Å². The first-order chi connectivity index (χ1) is 4.72. The Balaban J connectivity index is 0. The van der Waals surface area contributed by atoms with Crippen molar-refractivity contribution in [3.63, 3.8) is 0 Å². The van der Waals surface area contributed by atoms with Gasteiger partial charge in [-0.15, -0.1) is 12.4 Å². The predicted octanol–water partition coefficient (Wildman–Crippen LogP) is -0.899. The van der Waals surface area contributed by atoms with E-state index in [4.69, 9.17) is 15.3 Å². The minimum Gasteiger partial charge on any atom is -0.394 e. The van der Waals surface area contributed by atoms with Crippen LogP contribution in [0.5, 0.6) is 0 Å². The van der Waals surface area contributed by atoms with Crippen LogP contribution in [-0.4, -0.2) is 40.4 Å². The largest absolute Gasteiger partial charge is 0.394 e. The molecule has 0 spiro atoms. The number of rotatable bonds is 5. The highest BCUT2D eigenvalue weighted by Crippen LogP contribution is 1.99. The van der Waals surface area contributed by atoms with E-state index in [-0.39, 0.29) is 25.2 Å². The number of aliphatic hydroxyl groups excluding tert-OH is 3. The van der Waals surface area contributed by atoms with E-state index in [2.05, 4.69) is 0 Å². The Hall–Kier alpha value is -0.160. The molecule has 3 N–H and O–H groups in total. The van der Waals surface area contributed by atoms with Gasteiger partial charge in [-0.05, 0) is 6.42 Å². The average Bonchev–Trinajstić information content (AvgIpc) is 1.98. The average molecular weight is 185 g/mol. The molecule has 4 nitrogen and oxygen atoms in total. The first kappa shape index (κ1) is 13.4. The van der Waals surface area contributed by atoms with Crippen LogP contribution in [0.2, 0.25) is 0 Å². The number of aliphatic hydroxyl groups is 3. The maximum atomic E-state index is 9.76. The molecule has 0 rings (SSSR count). The number of hydrogen-bond donors (Lipinski definition) is 3. The van der Waals surface area contributed by atoms with E-state index in [1.54, 1.807) is 0 Å². The minimum atomic E-state index is -1.13. The molecule has 68 valence electrons. The van der Waals surface area contributed by atoms with Crippen molar-refractivity contribution >= 4 is 18.7 Å². The highest BCUT2D eigenvalue weighted by atomic mass is 35.5. The Labute approximate surface area is 71.3 Å². The van der Waals surface area contributed by atoms with Gasteiger partial charge in [0.25, 0.3) is 0 Å². The molecule has 2 atom stereocenters. The molecule has 0 saturated heterocycles. The lowest BCUT2D eigenvalue weighted by atomic mass is 10.1. The zero-order valence-electron chi connectivity index (χ0n) is 6.01. The summed E-state index contributed by atoms with van der Waals surface area (Å²) in [5, 5.41) is 25.9. The summed E-state index contributed by atoms with van der Waals surface area (Å²) >= 11 is 0. The van der Waals surface area contributed by atoms with Crippen molar-refractivity contribution in [3.8, 4) is 0 Å². The van der Waals surface area contributed by atoms with Gasteiger partial charge in [0, 0.05) is 6.42 Å². The fourth-order valence-corrected chi connectivity index (χ4v) is 0.553. The molecule has 0 aliphatic carbocycles. The van der Waals surface area contributed by atoms with E-state index in [1.165, 1.54) is 0 Å². The maximum absolute atomic E-state index is 9.76. The zero-order valence-corrected chi connectivity index (χ0v) is 6.83. The quantitative estimate of drug-likeness (QED) is 0.484. The molecule has 0 aliphatic rings. The fraction of sp³-hybridized carbons (Fsp3) is 0.833. The molecule has 0 aromatic carbocycles. The van der Waals surface area contributed by atoms with E-state index in [0.717, 1.165) is 0 Å². The third-order valence-electron chi connectivity index (χ3n) is 1.21. The zero-order chi connectivity index (χ0) is 7.98. The van der Waals surface area contributed by atoms with Crippen molar-refractivity contribution in [2.75, 3.05) is 6.61 Å². The van der Waals surface area contributed by atoms with Crippen molar-refractivity contribution in [2.24, 2.45) is 0 Å². The standard InChI is InChI=1S/C6H12O4.ClH/c7-3-1-2-5(9)6(10)4-8;/h3,5-6,8-10H,1-2,4H2;1H/t5-,6+;/m0./s1. The van der Waals surface area contributed by atoms with Gasteiger partial charge in [0.1, 0.15) is 12.4 Å². The van der Waals surface area contributed by atoms with E-state index < -0.39 is 18.8 Å². The lowest BCUT2D eigenvalue weighted by molar-refractivity contribution is -0.108. The van der Waals surface area contributed by atoms with Crippen molar-refractivity contribution in [1.29, 1.82) is 0 Å². The van der Waals surface area contributed by atoms with Crippen molar-refractivity contribution < 1.29 is 20.1 Å². The first-order valence-electron chi connectivity index (χ1n) is 3.13. The van der Waals surface area contributed by atoms with Crippen molar-refractivity contribution in [2.45, 2.75) is 25.0 Å². The van der Waals surface area contributed by atoms with Gasteiger partial charge >= 0.3 is 0 Å². The number of carbonyl (C=O) groups excluding carboxylic acids is 1. The molecular weight excluding hydrogens is 172 g/mol. The summed E-state index contributed by atoms with van der Waals surface area (Å²) in [5.74, 6) is 0. The van der Waals surface area contributed by atoms with Crippen LogP contribution in [0.1, 0.15) is 12.8 Å². The third kappa shape index (κ3) is 6.25. The summed E-state index contributed by atoms with van der Waals surface area (Å²) in [6.45, 7) is -0.472. The molecule has 0 unspecified atom stereocenters. The third-order valence-corrected chi connectivity index (χ3v) is 1.21. The van der Waals surface area contributed by atoms with Crippen LogP contribution in [0.4, 0.5) is 0 Å². The van der Waals surface area contributed by atoms with Crippen LogP contribution in [-0.2, 0) is 4.79 Å². The van der Waals surface area contributed by atoms with Crippen LogP contribution in [0.15, 0.2) is 0 Å². The number of carbonyl (C=O) groups is 1. The Kier molecular flexibility index (Phi) is 9.70. The molecule has 11 heavy (non-hydrogen) atoms. The van der Waals surface area contributed by atoms with Crippen LogP contribution in [0.25, 0.3) is 0 Å². The minimum absolute atomic E-state index is 0. The number of halogens is 1. The van der Waals surface area contributed by atoms with Crippen LogP contribution in [0, 0.1) is 0 Å². The molecular formula is C6H13ClO4. The summed E-state index contributed by atoms with van der Waals surface area (Å²) < 4.78 is 0. The second-order valence-electron chi connectivity index (χ2n) is 2.06. The Morgan fingerprint density at radius 3 is 2.18 bits per heavy atom. The van der Waals surface area contributed by atoms with Crippen LogP contribution in [0.3, 0.4) is 0 Å². The Morgan fingerprint density at radius 2 is 1.82 bits per heavy atom. The highest BCUT2D eigenvalue weighted by Gasteiger charge is 2.13. The van der Waals surface area contributed by atoms with Gasteiger partial charge in [0.15, 0.2) is 0 Å². The summed E-state index contributed by atoms with van der Waals surface area (Å²) in [4.78, 5) is 9.76. The SMILES string of the molecule is Cl.O=CCC[C@H](O)[C@H](O)CO. The number of hydrogen-bond acceptors (Lipinski definition) is 4. The Bertz CT molecular complexity index is 98.6. The van der Waals surface area contributed by atoms with E-state index in [9.17, 15) is 4.79 Å². The first-order valence-corrected chi connectivity index (χ1v) is 3.13. The summed E-state index contributed by atoms with van der Waals surface area (Å²) in [6.07, 6.45) is -1.05. The molecule has 0 fully saturated rings.